The quantitative estimate of drug-likeness (QED) is 0.853. The van der Waals surface area contributed by atoms with Crippen LogP contribution in [0.4, 0.5) is 11.4 Å². The third kappa shape index (κ3) is 2.18. The Morgan fingerprint density at radius 3 is 2.95 bits per heavy atom. The van der Waals surface area contributed by atoms with E-state index in [1.807, 2.05) is 31.2 Å². The van der Waals surface area contributed by atoms with Crippen LogP contribution in [0.3, 0.4) is 0 Å². The molecule has 0 saturated carbocycles. The van der Waals surface area contributed by atoms with Gasteiger partial charge < -0.3 is 15.1 Å². The summed E-state index contributed by atoms with van der Waals surface area (Å²) in [7, 11) is 0. The molecule has 4 nitrogen and oxygen atoms in total. The van der Waals surface area contributed by atoms with E-state index in [4.69, 9.17) is 10.2 Å². The number of anilines is 2. The van der Waals surface area contributed by atoms with Crippen LogP contribution in [0, 0.1) is 0 Å². The summed E-state index contributed by atoms with van der Waals surface area (Å²) in [6, 6.07) is 9.33. The molecule has 1 aliphatic rings. The molecule has 2 N–H and O–H groups in total. The Morgan fingerprint density at radius 1 is 1.35 bits per heavy atom. The number of nitrogens with zero attached hydrogens (tertiary/aromatic N) is 1. The summed E-state index contributed by atoms with van der Waals surface area (Å²) < 4.78 is 5.57. The molecule has 0 saturated heterocycles. The first-order valence-electron chi connectivity index (χ1n) is 6.98. The second-order valence-corrected chi connectivity index (χ2v) is 5.07. The Bertz CT molecular complexity index is 646. The first-order valence-corrected chi connectivity index (χ1v) is 6.98. The van der Waals surface area contributed by atoms with E-state index in [-0.39, 0.29) is 5.91 Å². The van der Waals surface area contributed by atoms with Crippen molar-refractivity contribution in [1.29, 1.82) is 0 Å². The van der Waals surface area contributed by atoms with Gasteiger partial charge in [0.15, 0.2) is 5.76 Å². The molecular weight excluding hydrogens is 252 g/mol. The Morgan fingerprint density at radius 2 is 2.20 bits per heavy atom. The molecule has 3 rings (SSSR count). The summed E-state index contributed by atoms with van der Waals surface area (Å²) >= 11 is 0. The highest BCUT2D eigenvalue weighted by Crippen LogP contribution is 2.30. The molecule has 1 aliphatic heterocycles. The SMILES string of the molecule is CCc1ccc(C(=O)N2CCCc3cc(N)ccc32)o1. The van der Waals surface area contributed by atoms with Crippen LogP contribution >= 0.6 is 0 Å². The summed E-state index contributed by atoms with van der Waals surface area (Å²) in [5, 5.41) is 0. The van der Waals surface area contributed by atoms with Crippen molar-refractivity contribution in [3.05, 3.63) is 47.4 Å². The molecule has 0 atom stereocenters. The van der Waals surface area contributed by atoms with Crippen LogP contribution < -0.4 is 10.6 Å². The number of benzene rings is 1. The van der Waals surface area contributed by atoms with E-state index in [1.54, 1.807) is 11.0 Å². The minimum absolute atomic E-state index is 0.0737. The summed E-state index contributed by atoms with van der Waals surface area (Å²) in [6.07, 6.45) is 2.70. The third-order valence-electron chi connectivity index (χ3n) is 3.69. The summed E-state index contributed by atoms with van der Waals surface area (Å²) in [6.45, 7) is 2.73. The van der Waals surface area contributed by atoms with Crippen LogP contribution in [0.5, 0.6) is 0 Å². The number of nitrogens with two attached hydrogens (primary N) is 1. The van der Waals surface area contributed by atoms with E-state index in [2.05, 4.69) is 0 Å². The maximum atomic E-state index is 12.6. The molecule has 104 valence electrons. The number of nitrogen functional groups attached to an aromatic ring is 1. The van der Waals surface area contributed by atoms with Crippen LogP contribution in [-0.2, 0) is 12.8 Å². The predicted molar refractivity (Wildman–Crippen MR) is 78.9 cm³/mol. The van der Waals surface area contributed by atoms with Gasteiger partial charge in [0, 0.05) is 24.3 Å². The van der Waals surface area contributed by atoms with Gasteiger partial charge in [0.2, 0.25) is 0 Å². The zero-order valence-corrected chi connectivity index (χ0v) is 11.6. The molecule has 20 heavy (non-hydrogen) atoms. The number of aryl methyl sites for hydroxylation is 2. The number of amides is 1. The van der Waals surface area contributed by atoms with Gasteiger partial charge in [-0.2, -0.15) is 0 Å². The molecule has 4 heteroatoms. The second-order valence-electron chi connectivity index (χ2n) is 5.07. The highest BCUT2D eigenvalue weighted by molar-refractivity contribution is 6.05. The monoisotopic (exact) mass is 270 g/mol. The molecule has 0 radical (unpaired) electrons. The van der Waals surface area contributed by atoms with Gasteiger partial charge in [0.25, 0.3) is 5.91 Å². The van der Waals surface area contributed by atoms with Crippen molar-refractivity contribution in [1.82, 2.24) is 0 Å². The lowest BCUT2D eigenvalue weighted by atomic mass is 10.0. The molecule has 1 amide bonds. The average molecular weight is 270 g/mol. The van der Waals surface area contributed by atoms with Crippen molar-refractivity contribution in [2.24, 2.45) is 0 Å². The average Bonchev–Trinajstić information content (AvgIpc) is 2.94. The molecule has 0 aliphatic carbocycles. The van der Waals surface area contributed by atoms with E-state index < -0.39 is 0 Å². The van der Waals surface area contributed by atoms with E-state index in [0.717, 1.165) is 48.5 Å². The molecule has 0 bridgehead atoms. The molecule has 1 aromatic carbocycles. The van der Waals surface area contributed by atoms with E-state index in [0.29, 0.717) is 5.76 Å². The number of carbonyl (C=O) groups excluding carboxylic acids is 1. The zero-order valence-electron chi connectivity index (χ0n) is 11.6. The van der Waals surface area contributed by atoms with Gasteiger partial charge >= 0.3 is 0 Å². The van der Waals surface area contributed by atoms with Crippen molar-refractivity contribution in [2.75, 3.05) is 17.2 Å². The lowest BCUT2D eigenvalue weighted by Crippen LogP contribution is -2.35. The van der Waals surface area contributed by atoms with Crippen molar-refractivity contribution in [3.63, 3.8) is 0 Å². The van der Waals surface area contributed by atoms with Gasteiger partial charge in [-0.25, -0.2) is 0 Å². The zero-order chi connectivity index (χ0) is 14.1. The molecule has 2 heterocycles. The lowest BCUT2D eigenvalue weighted by molar-refractivity contribution is 0.0957. The maximum Gasteiger partial charge on any atom is 0.293 e. The van der Waals surface area contributed by atoms with Crippen LogP contribution in [0.1, 0.15) is 35.2 Å². The predicted octanol–water partition coefficient (Wildman–Crippen LogP) is 3.02. The lowest BCUT2D eigenvalue weighted by Gasteiger charge is -2.29. The smallest absolute Gasteiger partial charge is 0.293 e. The van der Waals surface area contributed by atoms with Crippen molar-refractivity contribution in [3.8, 4) is 0 Å². The number of carbonyl (C=O) groups is 1. The topological polar surface area (TPSA) is 59.5 Å². The normalized spacial score (nSPS) is 14.2. The van der Waals surface area contributed by atoms with Crippen LogP contribution in [0.15, 0.2) is 34.7 Å². The van der Waals surface area contributed by atoms with Gasteiger partial charge in [-0.05, 0) is 48.7 Å². The van der Waals surface area contributed by atoms with Gasteiger partial charge in [-0.3, -0.25) is 4.79 Å². The number of hydrogen-bond acceptors (Lipinski definition) is 3. The fourth-order valence-electron chi connectivity index (χ4n) is 2.64. The highest BCUT2D eigenvalue weighted by atomic mass is 16.4. The summed E-state index contributed by atoms with van der Waals surface area (Å²) in [5.74, 6) is 1.17. The van der Waals surface area contributed by atoms with Crippen LogP contribution in [0.2, 0.25) is 0 Å². The molecule has 2 aromatic rings. The second kappa shape index (κ2) is 5.04. The van der Waals surface area contributed by atoms with Crippen molar-refractivity contribution in [2.45, 2.75) is 26.2 Å². The number of rotatable bonds is 2. The standard InChI is InChI=1S/C16H18N2O2/c1-2-13-6-8-15(20-13)16(19)18-9-3-4-11-10-12(17)5-7-14(11)18/h5-8,10H,2-4,9,17H2,1H3. The van der Waals surface area contributed by atoms with Gasteiger partial charge in [0.1, 0.15) is 5.76 Å². The van der Waals surface area contributed by atoms with Gasteiger partial charge in [-0.15, -0.1) is 0 Å². The van der Waals surface area contributed by atoms with Crippen LogP contribution in [-0.4, -0.2) is 12.5 Å². The Kier molecular flexibility index (Phi) is 3.22. The molecule has 1 aromatic heterocycles. The number of fused-ring (bicyclic) bond motifs is 1. The van der Waals surface area contributed by atoms with Gasteiger partial charge in [0.05, 0.1) is 0 Å². The first kappa shape index (κ1) is 12.8. The summed E-state index contributed by atoms with van der Waals surface area (Å²) in [5.41, 5.74) is 8.63. The Labute approximate surface area is 118 Å². The Balaban J connectivity index is 1.93. The largest absolute Gasteiger partial charge is 0.456 e. The Hall–Kier alpha value is -2.23. The number of furan rings is 1. The molecular formula is C16H18N2O2. The molecule has 0 unspecified atom stereocenters. The number of hydrogen-bond donors (Lipinski definition) is 1. The minimum Gasteiger partial charge on any atom is -0.456 e. The van der Waals surface area contributed by atoms with Crippen molar-refractivity contribution < 1.29 is 9.21 Å². The maximum absolute atomic E-state index is 12.6. The van der Waals surface area contributed by atoms with E-state index in [1.165, 1.54) is 0 Å². The first-order chi connectivity index (χ1) is 9.69. The highest BCUT2D eigenvalue weighted by Gasteiger charge is 2.25. The minimum atomic E-state index is -0.0737. The fraction of sp³-hybridized carbons (Fsp3) is 0.312. The molecule has 0 fully saturated rings. The third-order valence-corrected chi connectivity index (χ3v) is 3.69. The van der Waals surface area contributed by atoms with Crippen molar-refractivity contribution >= 4 is 17.3 Å². The summed E-state index contributed by atoms with van der Waals surface area (Å²) in [4.78, 5) is 14.4. The van der Waals surface area contributed by atoms with E-state index in [9.17, 15) is 4.79 Å². The molecule has 0 spiro atoms. The van der Waals surface area contributed by atoms with E-state index >= 15 is 0 Å². The van der Waals surface area contributed by atoms with Crippen LogP contribution in [0.25, 0.3) is 0 Å². The van der Waals surface area contributed by atoms with Gasteiger partial charge in [-0.1, -0.05) is 6.92 Å². The fourth-order valence-corrected chi connectivity index (χ4v) is 2.64.